The smallest absolute Gasteiger partial charge is 0.759 e. The molecule has 0 aromatic rings. The van der Waals surface area contributed by atoms with E-state index in [9.17, 15) is 0 Å². The minimum Gasteiger partial charge on any atom is -0.759 e. The van der Waals surface area contributed by atoms with Crippen molar-refractivity contribution < 1.29 is 119 Å². The van der Waals surface area contributed by atoms with Crippen molar-refractivity contribution in [3.8, 4) is 0 Å². The molecule has 0 heterocycles. The van der Waals surface area contributed by atoms with Gasteiger partial charge in [0.05, 0.1) is 0 Å². The molecule has 66 valence electrons. The summed E-state index contributed by atoms with van der Waals surface area (Å²) in [6.07, 6.45) is 0. The van der Waals surface area contributed by atoms with Crippen molar-refractivity contribution in [1.29, 1.82) is 0 Å². The minimum absolute atomic E-state index is 0. The van der Waals surface area contributed by atoms with Crippen molar-refractivity contribution in [2.24, 2.45) is 0 Å². The van der Waals surface area contributed by atoms with Crippen molar-refractivity contribution in [2.75, 3.05) is 0 Å². The van der Waals surface area contributed by atoms with E-state index in [-0.39, 0.29) is 83.5 Å². The van der Waals surface area contributed by atoms with Gasteiger partial charge in [-0.05, 0) is 0 Å². The molecule has 8 nitrogen and oxygen atoms in total. The SMILES string of the molecule is O=S(=O)([O-])[O-].O=S(=O)([O-])[O-].[Ce+3].[Ce+3]. The number of hydrogen-bond donors (Lipinski definition) is 0. The molecule has 0 aliphatic heterocycles. The van der Waals surface area contributed by atoms with Crippen LogP contribution in [0.2, 0.25) is 0 Å². The maximum absolute atomic E-state index is 8.52. The summed E-state index contributed by atoms with van der Waals surface area (Å²) >= 11 is 0. The van der Waals surface area contributed by atoms with E-state index in [0.29, 0.717) is 0 Å². The Labute approximate surface area is 136 Å². The summed E-state index contributed by atoms with van der Waals surface area (Å²) in [7, 11) is -10.3. The molecule has 0 amide bonds. The van der Waals surface area contributed by atoms with E-state index >= 15 is 0 Å². The summed E-state index contributed by atoms with van der Waals surface area (Å²) in [6, 6.07) is 0. The van der Waals surface area contributed by atoms with Crippen LogP contribution in [-0.2, 0) is 20.8 Å². The molecule has 0 aromatic carbocycles. The Balaban J connectivity index is -0.0000000457. The van der Waals surface area contributed by atoms with E-state index in [1.54, 1.807) is 0 Å². The van der Waals surface area contributed by atoms with E-state index in [1.165, 1.54) is 0 Å². The van der Waals surface area contributed by atoms with Gasteiger partial charge in [0, 0.05) is 20.8 Å². The molecule has 0 aliphatic rings. The van der Waals surface area contributed by atoms with Crippen LogP contribution in [0.3, 0.4) is 0 Å². The quantitative estimate of drug-likeness (QED) is 0.272. The van der Waals surface area contributed by atoms with E-state index in [4.69, 9.17) is 35.0 Å². The molecular formula is Ce2O8S2+2. The van der Waals surface area contributed by atoms with Gasteiger partial charge in [-0.2, -0.15) is 0 Å². The van der Waals surface area contributed by atoms with Gasteiger partial charge >= 0.3 is 83.5 Å². The van der Waals surface area contributed by atoms with Crippen molar-refractivity contribution in [2.45, 2.75) is 0 Å². The van der Waals surface area contributed by atoms with Gasteiger partial charge in [0.25, 0.3) is 0 Å². The van der Waals surface area contributed by atoms with Gasteiger partial charge in [-0.3, -0.25) is 16.8 Å². The maximum atomic E-state index is 8.52. The van der Waals surface area contributed by atoms with Crippen LogP contribution in [0.25, 0.3) is 0 Å². The molecule has 0 saturated carbocycles. The Kier molecular flexibility index (Phi) is 20.0. The third kappa shape index (κ3) is 265. The van der Waals surface area contributed by atoms with Crippen LogP contribution in [0.1, 0.15) is 0 Å². The van der Waals surface area contributed by atoms with Crippen LogP contribution >= 0.6 is 0 Å². The van der Waals surface area contributed by atoms with Crippen LogP contribution in [0.5, 0.6) is 0 Å². The van der Waals surface area contributed by atoms with Crippen LogP contribution in [0.15, 0.2) is 0 Å². The summed E-state index contributed by atoms with van der Waals surface area (Å²) in [5.41, 5.74) is 0. The van der Waals surface area contributed by atoms with Gasteiger partial charge in [-0.15, -0.1) is 0 Å². The number of hydrogen-bond acceptors (Lipinski definition) is 8. The molecule has 0 aliphatic carbocycles. The first kappa shape index (κ1) is 24.0. The average molecular weight is 472 g/mol. The predicted octanol–water partition coefficient (Wildman–Crippen LogP) is -2.68. The second-order valence-corrected chi connectivity index (χ2v) is 2.45. The van der Waals surface area contributed by atoms with Gasteiger partial charge in [-0.1, -0.05) is 0 Å². The fourth-order valence-electron chi connectivity index (χ4n) is 0. The average Bonchev–Trinajstić information content (AvgIpc) is 1.12. The zero-order chi connectivity index (χ0) is 9.00. The van der Waals surface area contributed by atoms with Gasteiger partial charge in [0.1, 0.15) is 0 Å². The summed E-state index contributed by atoms with van der Waals surface area (Å²) in [5.74, 6) is 0. The predicted molar refractivity (Wildman–Crippen MR) is 20.9 cm³/mol. The molecule has 0 spiro atoms. The molecule has 0 atom stereocenters. The Hall–Kier alpha value is 2.49. The van der Waals surface area contributed by atoms with Gasteiger partial charge in [0.15, 0.2) is 0 Å². The van der Waals surface area contributed by atoms with Crippen LogP contribution in [-0.4, -0.2) is 35.0 Å². The van der Waals surface area contributed by atoms with Crippen LogP contribution in [0.4, 0.5) is 0 Å². The van der Waals surface area contributed by atoms with Gasteiger partial charge < -0.3 is 18.2 Å². The Morgan fingerprint density at radius 2 is 0.583 bits per heavy atom. The molecule has 0 N–H and O–H groups in total. The minimum atomic E-state index is -5.17. The molecule has 12 heavy (non-hydrogen) atoms. The summed E-state index contributed by atoms with van der Waals surface area (Å²) in [5, 5.41) is 0. The molecule has 0 rings (SSSR count). The maximum Gasteiger partial charge on any atom is 3.00 e. The molecular weight excluding hydrogens is 472 g/mol. The van der Waals surface area contributed by atoms with Gasteiger partial charge in [0.2, 0.25) is 0 Å². The van der Waals surface area contributed by atoms with E-state index in [0.717, 1.165) is 0 Å². The Morgan fingerprint density at radius 3 is 0.583 bits per heavy atom. The molecule has 0 fully saturated rings. The zero-order valence-corrected chi connectivity index (χ0v) is 13.0. The fraction of sp³-hybridized carbons (Fsp3) is 0. The van der Waals surface area contributed by atoms with Gasteiger partial charge in [-0.25, -0.2) is 0 Å². The van der Waals surface area contributed by atoms with Crippen molar-refractivity contribution in [1.82, 2.24) is 0 Å². The van der Waals surface area contributed by atoms with Crippen LogP contribution in [0, 0.1) is 83.5 Å². The third-order valence-corrected chi connectivity index (χ3v) is 0. The molecule has 0 aromatic heterocycles. The molecule has 2 radical (unpaired) electrons. The second kappa shape index (κ2) is 10.0. The summed E-state index contributed by atoms with van der Waals surface area (Å²) < 4.78 is 68.2. The van der Waals surface area contributed by atoms with E-state index in [2.05, 4.69) is 0 Å². The van der Waals surface area contributed by atoms with Crippen molar-refractivity contribution in [3.63, 3.8) is 0 Å². The van der Waals surface area contributed by atoms with Crippen molar-refractivity contribution >= 4 is 20.8 Å². The first-order chi connectivity index (χ1) is 4.00. The largest absolute Gasteiger partial charge is 3.00 e. The second-order valence-electron chi connectivity index (χ2n) is 0.816. The first-order valence-electron chi connectivity index (χ1n) is 1.33. The Bertz CT molecular complexity index is 211. The summed E-state index contributed by atoms with van der Waals surface area (Å²) in [4.78, 5) is 0. The van der Waals surface area contributed by atoms with Crippen molar-refractivity contribution in [3.05, 3.63) is 0 Å². The first-order valence-corrected chi connectivity index (χ1v) is 4.00. The van der Waals surface area contributed by atoms with Crippen LogP contribution < -0.4 is 0 Å². The Morgan fingerprint density at radius 1 is 0.583 bits per heavy atom. The topological polar surface area (TPSA) is 161 Å². The third-order valence-electron chi connectivity index (χ3n) is 0. The van der Waals surface area contributed by atoms with E-state index in [1.807, 2.05) is 0 Å². The number of rotatable bonds is 0. The standard InChI is InChI=1S/2Ce.2H2O4S/c;;2*1-5(2,3)4/h;;2*(H2,1,2,3,4)/q2*+3;;/p-4. The zero-order valence-electron chi connectivity index (χ0n) is 5.08. The molecule has 0 bridgehead atoms. The fourth-order valence-corrected chi connectivity index (χ4v) is 0. The summed E-state index contributed by atoms with van der Waals surface area (Å²) in [6.45, 7) is 0. The molecule has 0 unspecified atom stereocenters. The van der Waals surface area contributed by atoms with E-state index < -0.39 is 20.8 Å². The molecule has 0 saturated heterocycles. The normalized spacial score (nSPS) is 9.67. The monoisotopic (exact) mass is 472 g/mol. The molecule has 12 heteroatoms.